The third-order valence-corrected chi connectivity index (χ3v) is 3.90. The van der Waals surface area contributed by atoms with Crippen LogP contribution in [-0.4, -0.2) is 18.1 Å². The van der Waals surface area contributed by atoms with Crippen LogP contribution < -0.4 is 10.1 Å². The lowest BCUT2D eigenvalue weighted by Gasteiger charge is -2.16. The highest BCUT2D eigenvalue weighted by molar-refractivity contribution is 7.22. The molecule has 0 spiro atoms. The smallest absolute Gasteiger partial charge is 0.184 e. The first-order valence-corrected chi connectivity index (χ1v) is 6.63. The Morgan fingerprint density at radius 1 is 1.29 bits per heavy atom. The van der Waals surface area contributed by atoms with Crippen LogP contribution in [0.2, 0.25) is 0 Å². The van der Waals surface area contributed by atoms with Crippen molar-refractivity contribution in [2.24, 2.45) is 5.92 Å². The molecule has 0 aliphatic heterocycles. The molecule has 1 atom stereocenters. The summed E-state index contributed by atoms with van der Waals surface area (Å²) >= 11 is 1.67. The largest absolute Gasteiger partial charge is 0.497 e. The van der Waals surface area contributed by atoms with Crippen LogP contribution >= 0.6 is 11.3 Å². The van der Waals surface area contributed by atoms with Crippen molar-refractivity contribution < 1.29 is 4.74 Å². The van der Waals surface area contributed by atoms with Gasteiger partial charge in [-0.25, -0.2) is 4.98 Å². The van der Waals surface area contributed by atoms with E-state index in [1.807, 2.05) is 18.2 Å². The summed E-state index contributed by atoms with van der Waals surface area (Å²) in [4.78, 5) is 4.56. The summed E-state index contributed by atoms with van der Waals surface area (Å²) < 4.78 is 6.36. The van der Waals surface area contributed by atoms with E-state index in [9.17, 15) is 0 Å². The lowest BCUT2D eigenvalue weighted by molar-refractivity contribution is 0.415. The molecule has 2 aromatic rings. The van der Waals surface area contributed by atoms with Crippen LogP contribution in [0.25, 0.3) is 10.2 Å². The number of nitrogens with one attached hydrogen (secondary N) is 1. The van der Waals surface area contributed by atoms with E-state index >= 15 is 0 Å². The van der Waals surface area contributed by atoms with Gasteiger partial charge in [0.1, 0.15) is 5.75 Å². The van der Waals surface area contributed by atoms with Crippen molar-refractivity contribution in [1.29, 1.82) is 0 Å². The van der Waals surface area contributed by atoms with Crippen molar-refractivity contribution in [3.05, 3.63) is 18.2 Å². The van der Waals surface area contributed by atoms with Crippen LogP contribution in [0.4, 0.5) is 5.13 Å². The van der Waals surface area contributed by atoms with Crippen molar-refractivity contribution in [3.63, 3.8) is 0 Å². The molecule has 0 amide bonds. The molecule has 0 aliphatic rings. The molecule has 1 unspecified atom stereocenters. The summed E-state index contributed by atoms with van der Waals surface area (Å²) in [6.45, 7) is 6.58. The molecular formula is C13H18N2OS. The van der Waals surface area contributed by atoms with Gasteiger partial charge in [-0.05, 0) is 31.0 Å². The second-order valence-corrected chi connectivity index (χ2v) is 5.56. The van der Waals surface area contributed by atoms with Crippen molar-refractivity contribution in [2.75, 3.05) is 12.4 Å². The number of nitrogens with zero attached hydrogens (tertiary/aromatic N) is 1. The number of hydrogen-bond donors (Lipinski definition) is 1. The fraction of sp³-hybridized carbons (Fsp3) is 0.462. The van der Waals surface area contributed by atoms with Crippen LogP contribution in [0.1, 0.15) is 20.8 Å². The molecule has 1 aromatic heterocycles. The summed E-state index contributed by atoms with van der Waals surface area (Å²) in [6.07, 6.45) is 0. The van der Waals surface area contributed by atoms with Crippen LogP contribution in [-0.2, 0) is 0 Å². The average Bonchev–Trinajstić information content (AvgIpc) is 2.69. The molecule has 17 heavy (non-hydrogen) atoms. The molecule has 0 saturated carbocycles. The van der Waals surface area contributed by atoms with E-state index in [4.69, 9.17) is 4.74 Å². The highest BCUT2D eigenvalue weighted by Gasteiger charge is 2.10. The van der Waals surface area contributed by atoms with Crippen molar-refractivity contribution in [1.82, 2.24) is 4.98 Å². The Balaban J connectivity index is 2.25. The van der Waals surface area contributed by atoms with Gasteiger partial charge in [-0.1, -0.05) is 25.2 Å². The Morgan fingerprint density at radius 2 is 2.06 bits per heavy atom. The molecule has 0 saturated heterocycles. The van der Waals surface area contributed by atoms with Crippen molar-refractivity contribution in [2.45, 2.75) is 26.8 Å². The molecule has 1 heterocycles. The second kappa shape index (κ2) is 4.92. The third kappa shape index (κ3) is 2.69. The summed E-state index contributed by atoms with van der Waals surface area (Å²) in [7, 11) is 1.68. The predicted molar refractivity (Wildman–Crippen MR) is 74.1 cm³/mol. The predicted octanol–water partition coefficient (Wildman–Crippen LogP) is 3.76. The van der Waals surface area contributed by atoms with Crippen LogP contribution in [0.15, 0.2) is 18.2 Å². The molecular weight excluding hydrogens is 232 g/mol. The maximum absolute atomic E-state index is 5.21. The number of anilines is 1. The fourth-order valence-corrected chi connectivity index (χ4v) is 2.45. The number of aromatic nitrogens is 1. The van der Waals surface area contributed by atoms with Gasteiger partial charge in [0.25, 0.3) is 0 Å². The van der Waals surface area contributed by atoms with Crippen molar-refractivity contribution in [3.8, 4) is 5.75 Å². The number of hydrogen-bond acceptors (Lipinski definition) is 4. The molecule has 1 aromatic carbocycles. The van der Waals surface area contributed by atoms with E-state index in [0.29, 0.717) is 12.0 Å². The molecule has 4 heteroatoms. The standard InChI is InChI=1S/C13H18N2OS/c1-8(2)9(3)14-13-15-11-6-5-10(16-4)7-12(11)17-13/h5-9H,1-4H3,(H,14,15). The normalized spacial score (nSPS) is 13.0. The van der Waals surface area contributed by atoms with Gasteiger partial charge in [0.2, 0.25) is 0 Å². The number of methoxy groups -OCH3 is 1. The van der Waals surface area contributed by atoms with Crippen LogP contribution in [0.5, 0.6) is 5.75 Å². The van der Waals surface area contributed by atoms with Crippen LogP contribution in [0, 0.1) is 5.92 Å². The SMILES string of the molecule is COc1ccc2nc(NC(C)C(C)C)sc2c1. The van der Waals surface area contributed by atoms with E-state index in [0.717, 1.165) is 21.1 Å². The molecule has 0 bridgehead atoms. The minimum Gasteiger partial charge on any atom is -0.497 e. The molecule has 0 radical (unpaired) electrons. The van der Waals surface area contributed by atoms with E-state index in [-0.39, 0.29) is 0 Å². The maximum Gasteiger partial charge on any atom is 0.184 e. The molecule has 0 aliphatic carbocycles. The topological polar surface area (TPSA) is 34.1 Å². The Bertz CT molecular complexity index is 507. The molecule has 2 rings (SSSR count). The van der Waals surface area contributed by atoms with Gasteiger partial charge in [-0.15, -0.1) is 0 Å². The zero-order valence-electron chi connectivity index (χ0n) is 10.7. The first kappa shape index (κ1) is 12.2. The minimum atomic E-state index is 0.428. The molecule has 1 N–H and O–H groups in total. The highest BCUT2D eigenvalue weighted by Crippen LogP contribution is 2.29. The van der Waals surface area contributed by atoms with E-state index < -0.39 is 0 Å². The Hall–Kier alpha value is -1.29. The quantitative estimate of drug-likeness (QED) is 0.897. The minimum absolute atomic E-state index is 0.428. The van der Waals surface area contributed by atoms with Gasteiger partial charge in [-0.3, -0.25) is 0 Å². The number of rotatable bonds is 4. The first-order chi connectivity index (χ1) is 8.10. The van der Waals surface area contributed by atoms with Gasteiger partial charge < -0.3 is 10.1 Å². The molecule has 92 valence electrons. The van der Waals surface area contributed by atoms with E-state index in [1.165, 1.54) is 0 Å². The van der Waals surface area contributed by atoms with Crippen LogP contribution in [0.3, 0.4) is 0 Å². The fourth-order valence-electron chi connectivity index (χ4n) is 1.46. The number of ether oxygens (including phenoxy) is 1. The summed E-state index contributed by atoms with van der Waals surface area (Å²) in [5.41, 5.74) is 1.02. The van der Waals surface area contributed by atoms with Gasteiger partial charge in [0, 0.05) is 6.04 Å². The first-order valence-electron chi connectivity index (χ1n) is 5.81. The highest BCUT2D eigenvalue weighted by atomic mass is 32.1. The monoisotopic (exact) mass is 250 g/mol. The molecule has 0 fully saturated rings. The van der Waals surface area contributed by atoms with Gasteiger partial charge in [0.15, 0.2) is 5.13 Å². The average molecular weight is 250 g/mol. The second-order valence-electron chi connectivity index (χ2n) is 4.53. The summed E-state index contributed by atoms with van der Waals surface area (Å²) in [5.74, 6) is 1.47. The van der Waals surface area contributed by atoms with Gasteiger partial charge in [0.05, 0.1) is 17.3 Å². The van der Waals surface area contributed by atoms with E-state index in [2.05, 4.69) is 31.1 Å². The third-order valence-electron chi connectivity index (χ3n) is 2.95. The van der Waals surface area contributed by atoms with Crippen molar-refractivity contribution >= 4 is 26.7 Å². The number of fused-ring (bicyclic) bond motifs is 1. The molecule has 3 nitrogen and oxygen atoms in total. The van der Waals surface area contributed by atoms with Gasteiger partial charge in [-0.2, -0.15) is 0 Å². The lowest BCUT2D eigenvalue weighted by Crippen LogP contribution is -2.21. The Kier molecular flexibility index (Phi) is 3.52. The number of thiazole rings is 1. The number of benzene rings is 1. The summed E-state index contributed by atoms with van der Waals surface area (Å²) in [6, 6.07) is 6.39. The summed E-state index contributed by atoms with van der Waals surface area (Å²) in [5, 5.41) is 4.42. The Labute approximate surface area is 106 Å². The van der Waals surface area contributed by atoms with E-state index in [1.54, 1.807) is 18.4 Å². The maximum atomic E-state index is 5.21. The zero-order valence-corrected chi connectivity index (χ0v) is 11.5. The Morgan fingerprint density at radius 3 is 2.71 bits per heavy atom. The zero-order chi connectivity index (χ0) is 12.4. The lowest BCUT2D eigenvalue weighted by atomic mass is 10.1. The van der Waals surface area contributed by atoms with Gasteiger partial charge >= 0.3 is 0 Å².